The van der Waals surface area contributed by atoms with Gasteiger partial charge in [0.25, 0.3) is 0 Å². The second-order valence-electron chi connectivity index (χ2n) is 36.6. The molecule has 0 N–H and O–H groups in total. The predicted octanol–water partition coefficient (Wildman–Crippen LogP) is 26.2. The topological polar surface area (TPSA) is 277 Å². The van der Waals surface area contributed by atoms with Gasteiger partial charge in [-0.2, -0.15) is 0 Å². The Morgan fingerprint density at radius 3 is 1.04 bits per heavy atom. The van der Waals surface area contributed by atoms with E-state index in [9.17, 15) is 0 Å². The molecular weight excluding hydrogens is 1800 g/mol. The van der Waals surface area contributed by atoms with Crippen LogP contribution in [0.3, 0.4) is 0 Å². The predicted molar refractivity (Wildman–Crippen MR) is 568 cm³/mol. The molecule has 0 unspecified atom stereocenters. The van der Waals surface area contributed by atoms with E-state index in [1.54, 1.807) is 31.0 Å². The van der Waals surface area contributed by atoms with Crippen LogP contribution in [0.15, 0.2) is 361 Å². The Balaban J connectivity index is 0.0000000788. The van der Waals surface area contributed by atoms with E-state index in [1.807, 2.05) is 142 Å². The summed E-state index contributed by atoms with van der Waals surface area (Å²) in [6, 6.07) is 103. The number of pyridine rings is 5. The summed E-state index contributed by atoms with van der Waals surface area (Å²) in [6.07, 6.45) is 8.76. The lowest BCUT2D eigenvalue weighted by Gasteiger charge is -1.97. The first-order chi connectivity index (χ1) is 70.9. The Labute approximate surface area is 806 Å². The van der Waals surface area contributed by atoms with Gasteiger partial charge in [-0.1, -0.05) is 91.0 Å². The molecule has 0 amide bonds. The first-order valence-electron chi connectivity index (χ1n) is 47.2. The van der Waals surface area contributed by atoms with Crippen molar-refractivity contribution in [2.75, 3.05) is 0 Å². The van der Waals surface area contributed by atoms with Gasteiger partial charge in [0, 0.05) is 128 Å². The monoisotopic (exact) mass is 1870 g/mol. The van der Waals surface area contributed by atoms with Crippen molar-refractivity contribution in [2.24, 2.45) is 42.3 Å². The van der Waals surface area contributed by atoms with Crippen LogP contribution in [-0.2, 0) is 42.3 Å². The highest BCUT2D eigenvalue weighted by atomic mass is 16.4. The van der Waals surface area contributed by atoms with E-state index in [-0.39, 0.29) is 0 Å². The molecule has 0 radical (unpaired) electrons. The summed E-state index contributed by atoms with van der Waals surface area (Å²) in [5, 5.41) is 12.7. The smallest absolute Gasteiger partial charge is 0.227 e. The van der Waals surface area contributed by atoms with Crippen molar-refractivity contribution in [2.45, 2.75) is 0 Å². The molecule has 0 saturated heterocycles. The molecular formula is C115H73N23O6. The molecule has 36 rings (SSSR count). The molecule has 0 spiro atoms. The van der Waals surface area contributed by atoms with Gasteiger partial charge in [-0.05, 0) is 200 Å². The molecule has 0 aliphatic heterocycles. The molecule has 144 heavy (non-hydrogen) atoms. The van der Waals surface area contributed by atoms with E-state index in [1.165, 1.54) is 16.6 Å². The highest BCUT2D eigenvalue weighted by molar-refractivity contribution is 6.21. The number of nitrogens with zero attached hydrogens (tertiary/aromatic N) is 23. The fourth-order valence-electron chi connectivity index (χ4n) is 22.4. The van der Waals surface area contributed by atoms with Crippen molar-refractivity contribution in [3.63, 3.8) is 0 Å². The van der Waals surface area contributed by atoms with Crippen LogP contribution in [0.1, 0.15) is 0 Å². The van der Waals surface area contributed by atoms with Crippen LogP contribution in [0.4, 0.5) is 0 Å². The number of fused-ring (bicyclic) bond motifs is 52. The summed E-state index contributed by atoms with van der Waals surface area (Å²) in [5.41, 5.74) is 35.1. The molecule has 29 nitrogen and oxygen atoms in total. The average molecular weight is 1870 g/mol. The fourth-order valence-corrected chi connectivity index (χ4v) is 22.4. The van der Waals surface area contributed by atoms with Crippen molar-refractivity contribution in [1.29, 1.82) is 0 Å². The van der Waals surface area contributed by atoms with Gasteiger partial charge in [0.1, 0.15) is 44.5 Å². The highest BCUT2D eigenvalue weighted by Crippen LogP contribution is 2.44. The molecule has 0 bridgehead atoms. The largest absolute Gasteiger partial charge is 0.456 e. The summed E-state index contributed by atoms with van der Waals surface area (Å²) >= 11 is 0. The number of aryl methyl sites for hydroxylation is 6. The second-order valence-corrected chi connectivity index (χ2v) is 36.6. The zero-order chi connectivity index (χ0) is 95.0. The van der Waals surface area contributed by atoms with E-state index in [2.05, 4.69) is 282 Å². The second kappa shape index (κ2) is 29.3. The van der Waals surface area contributed by atoms with Crippen LogP contribution in [-0.4, -0.2) is 109 Å². The minimum absolute atomic E-state index is 0.655. The zero-order valence-corrected chi connectivity index (χ0v) is 77.5. The van der Waals surface area contributed by atoms with E-state index >= 15 is 0 Å². The Bertz CT molecular complexity index is 11800. The molecule has 36 aromatic rings. The average Bonchev–Trinajstić information content (AvgIpc) is 1.56. The molecule has 0 aliphatic carbocycles. The fraction of sp³-hybridized carbons (Fsp3) is 0.0522. The highest BCUT2D eigenvalue weighted by Gasteiger charge is 2.28. The molecule has 0 saturated carbocycles. The number of hydrogen-bond donors (Lipinski definition) is 0. The van der Waals surface area contributed by atoms with Gasteiger partial charge < -0.3 is 53.9 Å². The summed E-state index contributed by atoms with van der Waals surface area (Å²) in [7, 11) is 12.3. The molecule has 23 aromatic heterocycles. The van der Waals surface area contributed by atoms with Crippen molar-refractivity contribution >= 4 is 299 Å². The molecule has 29 heteroatoms. The van der Waals surface area contributed by atoms with Crippen LogP contribution < -0.4 is 0 Å². The van der Waals surface area contributed by atoms with Crippen LogP contribution in [0, 0.1) is 0 Å². The van der Waals surface area contributed by atoms with Gasteiger partial charge in [0.2, 0.25) is 63.2 Å². The number of rotatable bonds is 0. The number of imidazole rings is 12. The normalized spacial score (nSPS) is 12.4. The van der Waals surface area contributed by atoms with Gasteiger partial charge in [-0.3, -0.25) is 26.4 Å². The molecule has 0 fully saturated rings. The molecule has 23 heterocycles. The van der Waals surface area contributed by atoms with Gasteiger partial charge >= 0.3 is 0 Å². The molecule has 0 aliphatic rings. The quantitative estimate of drug-likeness (QED) is 0.136. The summed E-state index contributed by atoms with van der Waals surface area (Å²) in [6.45, 7) is 0. The minimum atomic E-state index is 0.655. The van der Waals surface area contributed by atoms with Crippen LogP contribution in [0.2, 0.25) is 0 Å². The van der Waals surface area contributed by atoms with E-state index in [0.29, 0.717) is 28.6 Å². The number of aromatic nitrogens is 23. The third-order valence-electron chi connectivity index (χ3n) is 28.9. The Morgan fingerprint density at radius 2 is 0.507 bits per heavy atom. The lowest BCUT2D eigenvalue weighted by atomic mass is 10.1. The Morgan fingerprint density at radius 1 is 0.181 bits per heavy atom. The molecule has 13 aromatic carbocycles. The number of para-hydroxylation sites is 13. The number of benzene rings is 13. The zero-order valence-electron chi connectivity index (χ0n) is 77.5. The van der Waals surface area contributed by atoms with Gasteiger partial charge in [0.05, 0.1) is 137 Å². The SMILES string of the molecule is Cn1c2ccccc2n2c3c(ccc4c5cccnc5oc43)nc12.Cn1c2ccccc2n2c3c(ccc4oc5ncccc5c43)nc12.Cn1c2ccccc2n2c3cc4c(cc3nc12)oc1ccccc14.Cn1c2ccccc2n2c3cc4oc5ncccc5c4cc3nc12.Cn1c2ccccc2n2c3ccc4c5cccnc5oc4c3nc12.Cn1c2ccccc2n2c3ccc4oc5ncccc5c4c3nc12. The van der Waals surface area contributed by atoms with E-state index in [4.69, 9.17) is 56.4 Å². The third-order valence-corrected chi connectivity index (χ3v) is 28.9. The maximum Gasteiger partial charge on any atom is 0.227 e. The molecule has 0 atom stereocenters. The maximum atomic E-state index is 6.11. The van der Waals surface area contributed by atoms with Gasteiger partial charge in [0.15, 0.2) is 11.2 Å². The number of hydrogen-bond acceptors (Lipinski definition) is 17. The van der Waals surface area contributed by atoms with E-state index < -0.39 is 0 Å². The van der Waals surface area contributed by atoms with Crippen LogP contribution >= 0.6 is 0 Å². The summed E-state index contributed by atoms with van der Waals surface area (Å²) in [4.78, 5) is 50.9. The summed E-state index contributed by atoms with van der Waals surface area (Å²) < 4.78 is 61.8. The molecule has 684 valence electrons. The van der Waals surface area contributed by atoms with Gasteiger partial charge in [-0.15, -0.1) is 0 Å². The lowest BCUT2D eigenvalue weighted by molar-refractivity contribution is 0.654. The van der Waals surface area contributed by atoms with Crippen molar-refractivity contribution in [1.82, 2.24) is 109 Å². The van der Waals surface area contributed by atoms with Crippen LogP contribution in [0.5, 0.6) is 0 Å². The van der Waals surface area contributed by atoms with Crippen molar-refractivity contribution in [3.8, 4) is 0 Å². The lowest BCUT2D eigenvalue weighted by Crippen LogP contribution is -1.87. The first-order valence-corrected chi connectivity index (χ1v) is 47.2. The number of furan rings is 6. The van der Waals surface area contributed by atoms with Crippen molar-refractivity contribution < 1.29 is 26.5 Å². The van der Waals surface area contributed by atoms with Crippen molar-refractivity contribution in [3.05, 3.63) is 334 Å². The Kier molecular flexibility index (Phi) is 16.1. The van der Waals surface area contributed by atoms with E-state index in [0.717, 1.165) is 254 Å². The standard InChI is InChI=1S/C20H13N3O.5C19H12N4O/c1-22-15-7-3-4-8-16(15)23-17-10-13-12-6-2-5-9-18(12)24-19(13)11-14(17)21-20(22)23;1-22-14-6-2-3-7-15(14)23-16-13(21-19(22)23)9-8-11-12-5-4-10-20-18(12)24-17(11)16;1-22-13-6-2-3-7-14(13)23-15-9-8-11-12-5-4-10-20-18(12)24-17(11)16(15)21-19(22)23;1-22-13-6-2-3-7-14(13)23-17-12(21-19(22)23)8-9-15-16(17)11-5-4-10-20-18(11)24-15;1-22-12-6-2-3-7-13(12)23-14-8-9-15-16(17(14)21-19(22)23)11-5-4-10-20-18(11)24-15;1-22-14-6-2-3-7-15(14)23-16-10-17-12(9-13(16)21-19(22)23)11-5-4-8-20-18(11)24-17/h2-11H,1H3;5*2-10H,1H3. The third kappa shape index (κ3) is 11.0. The summed E-state index contributed by atoms with van der Waals surface area (Å²) in [5.74, 6) is 5.55. The first kappa shape index (κ1) is 79.1. The van der Waals surface area contributed by atoms with Gasteiger partial charge in [-0.25, -0.2) is 54.8 Å². The Hall–Kier alpha value is -20.0. The maximum absolute atomic E-state index is 6.11. The minimum Gasteiger partial charge on any atom is -0.456 e. The van der Waals surface area contributed by atoms with Crippen LogP contribution in [0.25, 0.3) is 299 Å².